The monoisotopic (exact) mass is 463 g/mol. The van der Waals surface area contributed by atoms with Crippen LogP contribution < -0.4 is 10.6 Å². The highest BCUT2D eigenvalue weighted by Gasteiger charge is 2.36. The van der Waals surface area contributed by atoms with E-state index in [0.717, 1.165) is 12.0 Å². The summed E-state index contributed by atoms with van der Waals surface area (Å²) in [5.41, 5.74) is 0.608. The van der Waals surface area contributed by atoms with Crippen molar-refractivity contribution in [1.82, 2.24) is 15.7 Å². The normalized spacial score (nSPS) is 14.3. The van der Waals surface area contributed by atoms with E-state index < -0.39 is 23.4 Å². The molecule has 8 nitrogen and oxygen atoms in total. The van der Waals surface area contributed by atoms with Crippen molar-refractivity contribution in [3.8, 4) is 0 Å². The van der Waals surface area contributed by atoms with Crippen molar-refractivity contribution in [1.29, 1.82) is 0 Å². The maximum atomic E-state index is 13.3. The van der Waals surface area contributed by atoms with Crippen LogP contribution in [-0.4, -0.2) is 59.8 Å². The molecule has 0 fully saturated rings. The molecule has 0 aliphatic rings. The summed E-state index contributed by atoms with van der Waals surface area (Å²) in [5.74, 6) is -1.34. The van der Waals surface area contributed by atoms with Gasteiger partial charge in [0.15, 0.2) is 0 Å². The topological polar surface area (TPSA) is 108 Å². The quantitative estimate of drug-likeness (QED) is 0.170. The Morgan fingerprint density at radius 1 is 1.12 bits per heavy atom. The number of carbonyl (C=O) groups excluding carboxylic acids is 3. The van der Waals surface area contributed by atoms with Gasteiger partial charge in [-0.1, -0.05) is 51.1 Å². The molecule has 0 spiro atoms. The number of hydroxylamine groups is 2. The van der Waals surface area contributed by atoms with Gasteiger partial charge >= 0.3 is 0 Å². The highest BCUT2D eigenvalue weighted by atomic mass is 16.5. The van der Waals surface area contributed by atoms with Gasteiger partial charge in [0.05, 0.1) is 24.7 Å². The van der Waals surface area contributed by atoms with Crippen molar-refractivity contribution < 1.29 is 24.3 Å². The van der Waals surface area contributed by atoms with Crippen LogP contribution in [0.25, 0.3) is 0 Å². The molecule has 0 heterocycles. The van der Waals surface area contributed by atoms with Gasteiger partial charge in [-0.3, -0.25) is 19.6 Å². The molecule has 3 atom stereocenters. The lowest BCUT2D eigenvalue weighted by Gasteiger charge is -2.33. The van der Waals surface area contributed by atoms with Crippen LogP contribution in [0.2, 0.25) is 0 Å². The van der Waals surface area contributed by atoms with E-state index in [1.54, 1.807) is 6.92 Å². The van der Waals surface area contributed by atoms with Gasteiger partial charge < -0.3 is 15.4 Å². The predicted molar refractivity (Wildman–Crippen MR) is 128 cm³/mol. The molecule has 0 aliphatic heterocycles. The molecule has 1 rings (SSSR count). The van der Waals surface area contributed by atoms with Gasteiger partial charge in [0.1, 0.15) is 6.04 Å². The molecule has 0 aromatic heterocycles. The molecule has 0 bridgehead atoms. The second kappa shape index (κ2) is 14.0. The van der Waals surface area contributed by atoms with Gasteiger partial charge in [0.2, 0.25) is 18.2 Å². The van der Waals surface area contributed by atoms with E-state index in [0.29, 0.717) is 37.5 Å². The van der Waals surface area contributed by atoms with Gasteiger partial charge in [0, 0.05) is 6.54 Å². The summed E-state index contributed by atoms with van der Waals surface area (Å²) < 4.78 is 5.46. The number of nitrogens with one attached hydrogen (secondary N) is 2. The predicted octanol–water partition coefficient (Wildman–Crippen LogP) is 2.93. The van der Waals surface area contributed by atoms with Gasteiger partial charge in [-0.15, -0.1) is 0 Å². The highest BCUT2D eigenvalue weighted by Crippen LogP contribution is 2.23. The second-order valence-corrected chi connectivity index (χ2v) is 9.73. The van der Waals surface area contributed by atoms with Gasteiger partial charge in [-0.25, -0.2) is 5.06 Å². The van der Waals surface area contributed by atoms with E-state index in [1.165, 1.54) is 0 Å². The minimum Gasteiger partial charge on any atom is -0.377 e. The first-order valence-corrected chi connectivity index (χ1v) is 11.6. The van der Waals surface area contributed by atoms with Crippen LogP contribution in [-0.2, 0) is 25.5 Å². The number of nitrogens with zero attached hydrogens (tertiary/aromatic N) is 1. The van der Waals surface area contributed by atoms with Crippen molar-refractivity contribution in [2.75, 3.05) is 13.2 Å². The van der Waals surface area contributed by atoms with E-state index in [2.05, 4.69) is 10.6 Å². The summed E-state index contributed by atoms with van der Waals surface area (Å²) in [6.07, 6.45) is 2.27. The zero-order chi connectivity index (χ0) is 25.0. The van der Waals surface area contributed by atoms with E-state index in [1.807, 2.05) is 65.0 Å². The number of hydrogen-bond acceptors (Lipinski definition) is 5. The van der Waals surface area contributed by atoms with Crippen LogP contribution in [0.5, 0.6) is 0 Å². The summed E-state index contributed by atoms with van der Waals surface area (Å²) in [6, 6.07) is 8.39. The average Bonchev–Trinajstić information content (AvgIpc) is 2.76. The van der Waals surface area contributed by atoms with Crippen LogP contribution in [0.15, 0.2) is 30.3 Å². The van der Waals surface area contributed by atoms with Crippen LogP contribution in [0.4, 0.5) is 0 Å². The molecular formula is C25H41N3O5. The lowest BCUT2D eigenvalue weighted by Crippen LogP contribution is -2.56. The van der Waals surface area contributed by atoms with E-state index in [9.17, 15) is 19.6 Å². The van der Waals surface area contributed by atoms with Gasteiger partial charge in [-0.2, -0.15) is 0 Å². The number of hydrogen-bond donors (Lipinski definition) is 3. The Kier molecular flexibility index (Phi) is 12.1. The summed E-state index contributed by atoms with van der Waals surface area (Å²) in [6.45, 7) is 11.8. The fourth-order valence-electron chi connectivity index (χ4n) is 3.54. The number of amides is 3. The first-order chi connectivity index (χ1) is 15.5. The Balaban J connectivity index is 2.87. The zero-order valence-corrected chi connectivity index (χ0v) is 20.8. The lowest BCUT2D eigenvalue weighted by molar-refractivity contribution is -0.166. The smallest absolute Gasteiger partial charge is 0.243 e. The zero-order valence-electron chi connectivity index (χ0n) is 20.8. The molecule has 0 radical (unpaired) electrons. The summed E-state index contributed by atoms with van der Waals surface area (Å²) in [5, 5.41) is 16.2. The average molecular weight is 464 g/mol. The SMILES string of the molecule is CC(C)OCCNC(=O)[C@@H](NC(=O)[C@H](CCCc1ccccc1)[C@H](C)N(O)C=O)C(C)(C)C. The number of carbonyl (C=O) groups is 3. The van der Waals surface area contributed by atoms with Crippen molar-refractivity contribution >= 4 is 18.2 Å². The number of ether oxygens (including phenoxy) is 1. The first kappa shape index (κ1) is 28.6. The maximum Gasteiger partial charge on any atom is 0.243 e. The summed E-state index contributed by atoms with van der Waals surface area (Å²) in [4.78, 5) is 37.2. The van der Waals surface area contributed by atoms with Crippen LogP contribution in [0.3, 0.4) is 0 Å². The van der Waals surface area contributed by atoms with Crippen molar-refractivity contribution in [3.63, 3.8) is 0 Å². The van der Waals surface area contributed by atoms with Crippen molar-refractivity contribution in [2.45, 2.75) is 79.0 Å². The molecular weight excluding hydrogens is 422 g/mol. The summed E-state index contributed by atoms with van der Waals surface area (Å²) in [7, 11) is 0. The number of rotatable bonds is 14. The molecule has 3 N–H and O–H groups in total. The Hall–Kier alpha value is -2.45. The molecule has 0 saturated heterocycles. The molecule has 8 heteroatoms. The van der Waals surface area contributed by atoms with Crippen molar-refractivity contribution in [3.05, 3.63) is 35.9 Å². The maximum absolute atomic E-state index is 13.3. The minimum absolute atomic E-state index is 0.0670. The second-order valence-electron chi connectivity index (χ2n) is 9.73. The molecule has 186 valence electrons. The van der Waals surface area contributed by atoms with Crippen LogP contribution in [0, 0.1) is 11.3 Å². The van der Waals surface area contributed by atoms with Crippen LogP contribution in [0.1, 0.15) is 59.9 Å². The number of benzene rings is 1. The fraction of sp³-hybridized carbons (Fsp3) is 0.640. The van der Waals surface area contributed by atoms with Gasteiger partial charge in [-0.05, 0) is 51.0 Å². The molecule has 0 aliphatic carbocycles. The fourth-order valence-corrected chi connectivity index (χ4v) is 3.54. The molecule has 1 aromatic carbocycles. The molecule has 33 heavy (non-hydrogen) atoms. The van der Waals surface area contributed by atoms with Crippen LogP contribution >= 0.6 is 0 Å². The summed E-state index contributed by atoms with van der Waals surface area (Å²) >= 11 is 0. The Morgan fingerprint density at radius 2 is 1.76 bits per heavy atom. The lowest BCUT2D eigenvalue weighted by atomic mass is 9.84. The van der Waals surface area contributed by atoms with Crippen molar-refractivity contribution in [2.24, 2.45) is 11.3 Å². The third-order valence-corrected chi connectivity index (χ3v) is 5.54. The Morgan fingerprint density at radius 3 is 2.30 bits per heavy atom. The third kappa shape index (κ3) is 10.4. The number of aryl methyl sites for hydroxylation is 1. The molecule has 3 amide bonds. The molecule has 1 aromatic rings. The molecule has 0 unspecified atom stereocenters. The van der Waals surface area contributed by atoms with E-state index in [4.69, 9.17) is 4.74 Å². The van der Waals surface area contributed by atoms with E-state index >= 15 is 0 Å². The molecule has 0 saturated carbocycles. The highest BCUT2D eigenvalue weighted by molar-refractivity contribution is 5.89. The van der Waals surface area contributed by atoms with E-state index in [-0.39, 0.29) is 17.9 Å². The Labute approximate surface area is 198 Å². The van der Waals surface area contributed by atoms with Gasteiger partial charge in [0.25, 0.3) is 0 Å². The standard InChI is InChI=1S/C25H41N3O5/c1-18(2)33-16-15-26-24(31)22(25(4,5)6)27-23(30)21(19(3)28(32)17-29)14-10-13-20-11-8-7-9-12-20/h7-9,11-12,17-19,21-22,32H,10,13-16H2,1-6H3,(H,26,31)(H,27,30)/t19-,21+,22+/m0/s1. The first-order valence-electron chi connectivity index (χ1n) is 11.6. The minimum atomic E-state index is -0.781. The largest absolute Gasteiger partial charge is 0.377 e. The Bertz CT molecular complexity index is 733. The third-order valence-electron chi connectivity index (χ3n) is 5.54.